The van der Waals surface area contributed by atoms with E-state index in [0.29, 0.717) is 12.8 Å². The summed E-state index contributed by atoms with van der Waals surface area (Å²) in [7, 11) is 0. The molecule has 3 rings (SSSR count). The number of carbonyl (C=O) groups excluding carboxylic acids is 2. The van der Waals surface area contributed by atoms with Gasteiger partial charge in [-0.1, -0.05) is 0 Å². The monoisotopic (exact) mass is 576 g/mol. The molecule has 0 amide bonds. The first-order valence-corrected chi connectivity index (χ1v) is 14.9. The molecule has 0 aromatic heterocycles. The third-order valence-electron chi connectivity index (χ3n) is 5.48. The van der Waals surface area contributed by atoms with Crippen LogP contribution in [0.2, 0.25) is 0 Å². The standard InChI is InChI=1S/C24H26As2O7/c27-13-20-18-11-14(25-21(28)3-1-5-23(30)31)7-9-16(18)17-10-8-15(12-19(17)20)26-22(29)4-2-6-24(32)33/h7-12,20,25-27H,1-6,13H2,(H,30,31)(H,32,33). The van der Waals surface area contributed by atoms with Crippen molar-refractivity contribution in [2.45, 2.75) is 44.4 Å². The Balaban J connectivity index is 1.71. The Morgan fingerprint density at radius 1 is 0.697 bits per heavy atom. The maximum absolute atomic E-state index is 12.3. The summed E-state index contributed by atoms with van der Waals surface area (Å²) in [6, 6.07) is 11.9. The molecule has 2 aromatic rings. The van der Waals surface area contributed by atoms with Crippen LogP contribution in [0.5, 0.6) is 0 Å². The van der Waals surface area contributed by atoms with Crippen molar-refractivity contribution >= 4 is 61.3 Å². The molecule has 1 aliphatic carbocycles. The van der Waals surface area contributed by atoms with Gasteiger partial charge in [-0.25, -0.2) is 0 Å². The zero-order chi connectivity index (χ0) is 24.0. The molecular weight excluding hydrogens is 550 g/mol. The summed E-state index contributed by atoms with van der Waals surface area (Å²) >= 11 is -2.11. The van der Waals surface area contributed by atoms with Crippen LogP contribution in [0, 0.1) is 0 Å². The molecule has 2 unspecified atom stereocenters. The molecule has 0 radical (unpaired) electrons. The maximum atomic E-state index is 12.3. The second-order valence-corrected chi connectivity index (χ2v) is 13.7. The van der Waals surface area contributed by atoms with Crippen LogP contribution in [0.1, 0.15) is 55.6 Å². The predicted molar refractivity (Wildman–Crippen MR) is 127 cm³/mol. The van der Waals surface area contributed by atoms with Crippen molar-refractivity contribution in [2.24, 2.45) is 0 Å². The van der Waals surface area contributed by atoms with E-state index < -0.39 is 43.4 Å². The first kappa shape index (κ1) is 25.4. The van der Waals surface area contributed by atoms with Gasteiger partial charge >= 0.3 is 205 Å². The van der Waals surface area contributed by atoms with E-state index in [0.717, 1.165) is 31.0 Å². The van der Waals surface area contributed by atoms with Gasteiger partial charge in [0.1, 0.15) is 0 Å². The Bertz CT molecular complexity index is 997. The van der Waals surface area contributed by atoms with E-state index in [2.05, 4.69) is 0 Å². The number of carboxylic acid groups (broad SMARTS) is 2. The summed E-state index contributed by atoms with van der Waals surface area (Å²) in [6.45, 7) is -0.0774. The number of carbonyl (C=O) groups is 4. The number of aliphatic hydroxyl groups excluding tert-OH is 1. The van der Waals surface area contributed by atoms with Crippen LogP contribution in [-0.2, 0) is 19.2 Å². The van der Waals surface area contributed by atoms with Gasteiger partial charge in [0.2, 0.25) is 0 Å². The molecule has 0 spiro atoms. The van der Waals surface area contributed by atoms with E-state index in [4.69, 9.17) is 10.2 Å². The summed E-state index contributed by atoms with van der Waals surface area (Å²) in [5.41, 5.74) is 4.02. The van der Waals surface area contributed by atoms with Gasteiger partial charge in [0.15, 0.2) is 0 Å². The molecule has 0 heterocycles. The first-order valence-electron chi connectivity index (χ1n) is 10.7. The fourth-order valence-corrected chi connectivity index (χ4v) is 8.23. The van der Waals surface area contributed by atoms with Crippen LogP contribution in [0.25, 0.3) is 11.1 Å². The first-order chi connectivity index (χ1) is 15.8. The summed E-state index contributed by atoms with van der Waals surface area (Å²) in [4.78, 5) is 45.8. The fourth-order valence-electron chi connectivity index (χ4n) is 3.96. The van der Waals surface area contributed by atoms with E-state index in [1.807, 2.05) is 36.4 Å². The zero-order valence-electron chi connectivity index (χ0n) is 18.0. The predicted octanol–water partition coefficient (Wildman–Crippen LogP) is 0.478. The van der Waals surface area contributed by atoms with Crippen LogP contribution in [0.15, 0.2) is 36.4 Å². The molecule has 0 saturated heterocycles. The van der Waals surface area contributed by atoms with Crippen LogP contribution < -0.4 is 8.70 Å². The van der Waals surface area contributed by atoms with Crippen LogP contribution >= 0.6 is 0 Å². The molecule has 33 heavy (non-hydrogen) atoms. The van der Waals surface area contributed by atoms with Crippen molar-refractivity contribution in [1.82, 2.24) is 0 Å². The molecule has 2 aromatic carbocycles. The third-order valence-corrected chi connectivity index (χ3v) is 10.2. The van der Waals surface area contributed by atoms with Gasteiger partial charge in [-0.05, 0) is 0 Å². The van der Waals surface area contributed by atoms with E-state index in [9.17, 15) is 24.3 Å². The average Bonchev–Trinajstić information content (AvgIpc) is 3.05. The summed E-state index contributed by atoms with van der Waals surface area (Å²) in [5.74, 6) is -2.00. The van der Waals surface area contributed by atoms with Crippen molar-refractivity contribution in [2.75, 3.05) is 6.61 Å². The number of hydrogen-bond donors (Lipinski definition) is 3. The molecule has 2 atom stereocenters. The van der Waals surface area contributed by atoms with Crippen molar-refractivity contribution in [1.29, 1.82) is 0 Å². The van der Waals surface area contributed by atoms with E-state index >= 15 is 0 Å². The van der Waals surface area contributed by atoms with Gasteiger partial charge in [-0.15, -0.1) is 0 Å². The van der Waals surface area contributed by atoms with Crippen molar-refractivity contribution < 1.29 is 34.5 Å². The molecule has 0 saturated carbocycles. The number of aliphatic carboxylic acids is 2. The van der Waals surface area contributed by atoms with Crippen molar-refractivity contribution in [3.8, 4) is 11.1 Å². The molecule has 0 fully saturated rings. The second kappa shape index (κ2) is 11.8. The minimum absolute atomic E-state index is 0.00262. The summed E-state index contributed by atoms with van der Waals surface area (Å²) < 4.78 is 2.15. The quantitative estimate of drug-likeness (QED) is 0.296. The van der Waals surface area contributed by atoms with E-state index in [-0.39, 0.29) is 47.4 Å². The number of benzene rings is 2. The Kier molecular flexibility index (Phi) is 9.08. The molecule has 174 valence electrons. The summed E-state index contributed by atoms with van der Waals surface area (Å²) in [5, 5.41) is 27.6. The van der Waals surface area contributed by atoms with Crippen molar-refractivity contribution in [3.63, 3.8) is 0 Å². The minimum atomic E-state index is -1.06. The van der Waals surface area contributed by atoms with Gasteiger partial charge in [0, 0.05) is 0 Å². The van der Waals surface area contributed by atoms with E-state index in [1.165, 1.54) is 0 Å². The Morgan fingerprint density at radius 3 is 1.48 bits per heavy atom. The molecular formula is C24H26As2O7. The van der Waals surface area contributed by atoms with Gasteiger partial charge < -0.3 is 0 Å². The average molecular weight is 576 g/mol. The van der Waals surface area contributed by atoms with Gasteiger partial charge in [0.25, 0.3) is 0 Å². The SMILES string of the molecule is O=C(O)CCCC(=O)[AsH]c1ccc2c(c1)C(CO)c1cc([AsH]C(=O)CCCC(=O)O)ccc1-2. The molecule has 7 nitrogen and oxygen atoms in total. The molecule has 3 N–H and O–H groups in total. The van der Waals surface area contributed by atoms with Gasteiger partial charge in [-0.3, -0.25) is 0 Å². The number of fused-ring (bicyclic) bond motifs is 3. The Labute approximate surface area is 205 Å². The van der Waals surface area contributed by atoms with Crippen LogP contribution in [-0.4, -0.2) is 74.5 Å². The van der Waals surface area contributed by atoms with E-state index in [1.54, 1.807) is 0 Å². The number of hydrogen-bond acceptors (Lipinski definition) is 5. The molecule has 1 aliphatic rings. The molecule has 0 aliphatic heterocycles. The number of aliphatic hydroxyl groups is 1. The Hall–Kier alpha value is -2.20. The number of rotatable bonds is 13. The van der Waals surface area contributed by atoms with Gasteiger partial charge in [0.05, 0.1) is 0 Å². The normalized spacial score (nSPS) is 14.6. The topological polar surface area (TPSA) is 129 Å². The van der Waals surface area contributed by atoms with Crippen molar-refractivity contribution in [3.05, 3.63) is 47.5 Å². The second-order valence-electron chi connectivity index (χ2n) is 7.93. The molecule has 0 bridgehead atoms. The molecule has 9 heteroatoms. The number of carboxylic acids is 2. The summed E-state index contributed by atoms with van der Waals surface area (Å²) in [6.07, 6.45) is 1.26. The zero-order valence-corrected chi connectivity index (χ0v) is 22.2. The van der Waals surface area contributed by atoms with Crippen LogP contribution in [0.4, 0.5) is 0 Å². The van der Waals surface area contributed by atoms with Crippen LogP contribution in [0.3, 0.4) is 0 Å². The third kappa shape index (κ3) is 6.89. The fraction of sp³-hybridized carbons (Fsp3) is 0.333. The Morgan fingerprint density at radius 2 is 1.12 bits per heavy atom. The van der Waals surface area contributed by atoms with Gasteiger partial charge in [-0.2, -0.15) is 0 Å².